The zero-order chi connectivity index (χ0) is 16.3. The molecule has 0 aliphatic rings. The van der Waals surface area contributed by atoms with Gasteiger partial charge in [0.15, 0.2) is 0 Å². The molecule has 0 amide bonds. The van der Waals surface area contributed by atoms with E-state index in [0.717, 1.165) is 5.69 Å². The van der Waals surface area contributed by atoms with E-state index >= 15 is 0 Å². The van der Waals surface area contributed by atoms with Gasteiger partial charge in [-0.1, -0.05) is 32.9 Å². The number of anilines is 1. The summed E-state index contributed by atoms with van der Waals surface area (Å²) in [7, 11) is 1.94. The maximum absolute atomic E-state index is 13.4. The fourth-order valence-electron chi connectivity index (χ4n) is 2.36. The zero-order valence-electron chi connectivity index (χ0n) is 13.5. The van der Waals surface area contributed by atoms with E-state index in [0.29, 0.717) is 17.7 Å². The van der Waals surface area contributed by atoms with Crippen LogP contribution in [-0.4, -0.2) is 7.05 Å². The molecule has 0 aliphatic heterocycles. The highest BCUT2D eigenvalue weighted by Crippen LogP contribution is 2.25. The molecule has 3 heteroatoms. The predicted molar refractivity (Wildman–Crippen MR) is 88.4 cm³/mol. The summed E-state index contributed by atoms with van der Waals surface area (Å²) in [5.41, 5.74) is 3.65. The summed E-state index contributed by atoms with van der Waals surface area (Å²) in [6, 6.07) is 14.7. The molecule has 0 radical (unpaired) electrons. The normalized spacial score (nSPS) is 11.1. The largest absolute Gasteiger partial charge is 0.370 e. The van der Waals surface area contributed by atoms with E-state index in [4.69, 9.17) is 5.26 Å². The minimum absolute atomic E-state index is 0.119. The Kier molecular flexibility index (Phi) is 4.51. The number of nitriles is 1. The second kappa shape index (κ2) is 6.19. The van der Waals surface area contributed by atoms with Crippen LogP contribution in [0.15, 0.2) is 42.5 Å². The van der Waals surface area contributed by atoms with Gasteiger partial charge in [-0.15, -0.1) is 0 Å². The molecule has 0 fully saturated rings. The topological polar surface area (TPSA) is 27.0 Å². The van der Waals surface area contributed by atoms with Crippen LogP contribution in [0.1, 0.15) is 37.5 Å². The molecule has 0 bridgehead atoms. The van der Waals surface area contributed by atoms with Gasteiger partial charge in [-0.2, -0.15) is 5.26 Å². The number of hydrogen-bond donors (Lipinski definition) is 0. The highest BCUT2D eigenvalue weighted by molar-refractivity contribution is 5.50. The van der Waals surface area contributed by atoms with Crippen molar-refractivity contribution in [3.8, 4) is 6.07 Å². The molecule has 22 heavy (non-hydrogen) atoms. The number of nitrogens with zero attached hydrogens (tertiary/aromatic N) is 2. The first-order chi connectivity index (χ1) is 10.3. The van der Waals surface area contributed by atoms with Crippen molar-refractivity contribution >= 4 is 5.69 Å². The molecular weight excluding hydrogens is 275 g/mol. The molecule has 0 aliphatic carbocycles. The second-order valence-electron chi connectivity index (χ2n) is 6.57. The molecule has 0 aromatic heterocycles. The third kappa shape index (κ3) is 3.65. The van der Waals surface area contributed by atoms with E-state index in [9.17, 15) is 4.39 Å². The lowest BCUT2D eigenvalue weighted by Gasteiger charge is -2.23. The molecule has 0 spiro atoms. The van der Waals surface area contributed by atoms with Crippen molar-refractivity contribution in [2.75, 3.05) is 11.9 Å². The van der Waals surface area contributed by atoms with Crippen molar-refractivity contribution in [1.29, 1.82) is 5.26 Å². The van der Waals surface area contributed by atoms with Gasteiger partial charge < -0.3 is 4.90 Å². The Morgan fingerprint density at radius 1 is 1.09 bits per heavy atom. The highest BCUT2D eigenvalue weighted by atomic mass is 19.1. The average molecular weight is 296 g/mol. The highest BCUT2D eigenvalue weighted by Gasteiger charge is 2.14. The minimum Gasteiger partial charge on any atom is -0.370 e. The van der Waals surface area contributed by atoms with Crippen LogP contribution in [0.3, 0.4) is 0 Å². The molecule has 2 nitrogen and oxygen atoms in total. The number of halogens is 1. The van der Waals surface area contributed by atoms with Crippen LogP contribution in [0.2, 0.25) is 0 Å². The zero-order valence-corrected chi connectivity index (χ0v) is 13.5. The lowest BCUT2D eigenvalue weighted by atomic mass is 9.87. The van der Waals surface area contributed by atoms with Crippen molar-refractivity contribution in [1.82, 2.24) is 0 Å². The lowest BCUT2D eigenvalue weighted by Crippen LogP contribution is -2.18. The fraction of sp³-hybridized carbons (Fsp3) is 0.316. The number of hydrogen-bond acceptors (Lipinski definition) is 2. The Labute approximate surface area is 131 Å². The van der Waals surface area contributed by atoms with Gasteiger partial charge in [-0.25, -0.2) is 4.39 Å². The molecule has 2 rings (SSSR count). The van der Waals surface area contributed by atoms with Crippen LogP contribution in [0.25, 0.3) is 0 Å². The summed E-state index contributed by atoms with van der Waals surface area (Å²) >= 11 is 0. The first-order valence-electron chi connectivity index (χ1n) is 7.31. The first kappa shape index (κ1) is 16.0. The molecule has 0 unspecified atom stereocenters. The van der Waals surface area contributed by atoms with Crippen LogP contribution in [0.5, 0.6) is 0 Å². The van der Waals surface area contributed by atoms with Crippen molar-refractivity contribution in [2.45, 2.75) is 32.7 Å². The van der Waals surface area contributed by atoms with Crippen molar-refractivity contribution < 1.29 is 4.39 Å². The fourth-order valence-corrected chi connectivity index (χ4v) is 2.36. The van der Waals surface area contributed by atoms with Gasteiger partial charge in [0.2, 0.25) is 0 Å². The summed E-state index contributed by atoms with van der Waals surface area (Å²) in [5.74, 6) is -0.314. The molecule has 2 aromatic carbocycles. The molecule has 0 atom stereocenters. The second-order valence-corrected chi connectivity index (χ2v) is 6.57. The summed E-state index contributed by atoms with van der Waals surface area (Å²) in [6.45, 7) is 7.03. The lowest BCUT2D eigenvalue weighted by molar-refractivity contribution is 0.590. The third-order valence-corrected chi connectivity index (χ3v) is 3.77. The van der Waals surface area contributed by atoms with E-state index in [1.165, 1.54) is 23.8 Å². The molecular formula is C19H21FN2. The molecule has 114 valence electrons. The van der Waals surface area contributed by atoms with Crippen molar-refractivity contribution in [3.63, 3.8) is 0 Å². The smallest absolute Gasteiger partial charge is 0.123 e. The van der Waals surface area contributed by atoms with Crippen LogP contribution in [0, 0.1) is 17.1 Å². The van der Waals surface area contributed by atoms with Gasteiger partial charge in [0.25, 0.3) is 0 Å². The average Bonchev–Trinajstić information content (AvgIpc) is 2.46. The standard InChI is InChI=1S/C19H21FN2/c1-19(2,3)16-6-9-18(10-7-16)22(4)13-15-11-17(20)8-5-14(15)12-21/h5-11H,13H2,1-4H3. The Morgan fingerprint density at radius 2 is 1.73 bits per heavy atom. The Morgan fingerprint density at radius 3 is 2.27 bits per heavy atom. The first-order valence-corrected chi connectivity index (χ1v) is 7.31. The maximum Gasteiger partial charge on any atom is 0.123 e. The summed E-state index contributed by atoms with van der Waals surface area (Å²) in [6.07, 6.45) is 0. The van der Waals surface area contributed by atoms with Crippen LogP contribution >= 0.6 is 0 Å². The van der Waals surface area contributed by atoms with Crippen molar-refractivity contribution in [3.05, 3.63) is 65.0 Å². The Balaban J connectivity index is 2.21. The van der Waals surface area contributed by atoms with Gasteiger partial charge in [0.05, 0.1) is 11.6 Å². The molecule has 0 N–H and O–H groups in total. The van der Waals surface area contributed by atoms with E-state index in [2.05, 4.69) is 51.1 Å². The molecule has 0 saturated heterocycles. The van der Waals surface area contributed by atoms with Gasteiger partial charge in [0.1, 0.15) is 5.82 Å². The van der Waals surface area contributed by atoms with E-state index in [1.807, 2.05) is 11.9 Å². The van der Waals surface area contributed by atoms with Crippen LogP contribution < -0.4 is 4.90 Å². The van der Waals surface area contributed by atoms with Gasteiger partial charge in [-0.05, 0) is 46.9 Å². The monoisotopic (exact) mass is 296 g/mol. The van der Waals surface area contributed by atoms with Gasteiger partial charge >= 0.3 is 0 Å². The van der Waals surface area contributed by atoms with Gasteiger partial charge in [0, 0.05) is 19.3 Å². The van der Waals surface area contributed by atoms with E-state index in [1.54, 1.807) is 0 Å². The third-order valence-electron chi connectivity index (χ3n) is 3.77. The maximum atomic E-state index is 13.4. The molecule has 0 heterocycles. The summed E-state index contributed by atoms with van der Waals surface area (Å²) in [4.78, 5) is 2.02. The summed E-state index contributed by atoms with van der Waals surface area (Å²) < 4.78 is 13.4. The van der Waals surface area contributed by atoms with Crippen LogP contribution in [0.4, 0.5) is 10.1 Å². The predicted octanol–water partition coefficient (Wildman–Crippen LogP) is 4.63. The SMILES string of the molecule is CN(Cc1cc(F)ccc1C#N)c1ccc(C(C)(C)C)cc1. The Bertz CT molecular complexity index is 691. The minimum atomic E-state index is -0.314. The van der Waals surface area contributed by atoms with E-state index in [-0.39, 0.29) is 11.2 Å². The number of rotatable bonds is 3. The quantitative estimate of drug-likeness (QED) is 0.825. The van der Waals surface area contributed by atoms with Gasteiger partial charge in [-0.3, -0.25) is 0 Å². The molecule has 0 saturated carbocycles. The van der Waals surface area contributed by atoms with Crippen LogP contribution in [-0.2, 0) is 12.0 Å². The molecule has 2 aromatic rings. The Hall–Kier alpha value is -2.34. The van der Waals surface area contributed by atoms with E-state index < -0.39 is 0 Å². The summed E-state index contributed by atoms with van der Waals surface area (Å²) in [5, 5.41) is 9.13. The van der Waals surface area contributed by atoms with Crippen molar-refractivity contribution in [2.24, 2.45) is 0 Å². The number of benzene rings is 2.